The van der Waals surface area contributed by atoms with Crippen molar-refractivity contribution in [2.75, 3.05) is 12.4 Å². The molecule has 0 aromatic carbocycles. The van der Waals surface area contributed by atoms with E-state index in [1.54, 1.807) is 0 Å². The third-order valence-corrected chi connectivity index (χ3v) is 3.83. The molecule has 0 bridgehead atoms. The fourth-order valence-corrected chi connectivity index (χ4v) is 2.84. The van der Waals surface area contributed by atoms with Gasteiger partial charge in [-0.15, -0.1) is 0 Å². The predicted molar refractivity (Wildman–Crippen MR) is 70.2 cm³/mol. The topological polar surface area (TPSA) is 46.2 Å². The first kappa shape index (κ1) is 15.3. The van der Waals surface area contributed by atoms with Gasteiger partial charge in [0.2, 0.25) is 0 Å². The van der Waals surface area contributed by atoms with Gasteiger partial charge in [0.15, 0.2) is 0 Å². The zero-order valence-electron chi connectivity index (χ0n) is 10.6. The predicted octanol–water partition coefficient (Wildman–Crippen LogP) is 2.50. The van der Waals surface area contributed by atoms with E-state index in [0.717, 1.165) is 18.1 Å². The molecule has 0 saturated carbocycles. The van der Waals surface area contributed by atoms with E-state index >= 15 is 0 Å². The van der Waals surface area contributed by atoms with E-state index in [2.05, 4.69) is 27.7 Å². The van der Waals surface area contributed by atoms with Gasteiger partial charge in [0.1, 0.15) is 0 Å². The second-order valence-electron chi connectivity index (χ2n) is 5.07. The quantitative estimate of drug-likeness (QED) is 0.677. The van der Waals surface area contributed by atoms with Gasteiger partial charge in [-0.05, 0) is 30.4 Å². The fourth-order valence-electron chi connectivity index (χ4n) is 1.46. The van der Waals surface area contributed by atoms with Crippen molar-refractivity contribution in [2.24, 2.45) is 17.6 Å². The lowest BCUT2D eigenvalue weighted by Gasteiger charge is -2.23. The van der Waals surface area contributed by atoms with E-state index in [-0.39, 0.29) is 17.9 Å². The minimum atomic E-state index is 0.132. The summed E-state index contributed by atoms with van der Waals surface area (Å²) in [6, 6.07) is 0.132. The van der Waals surface area contributed by atoms with Gasteiger partial charge in [-0.1, -0.05) is 27.7 Å². The number of aliphatic hydroxyl groups is 1. The average molecular weight is 233 g/mol. The Labute approximate surface area is 99.0 Å². The van der Waals surface area contributed by atoms with Gasteiger partial charge in [0.25, 0.3) is 0 Å². The monoisotopic (exact) mass is 233 g/mol. The van der Waals surface area contributed by atoms with Gasteiger partial charge in [0, 0.05) is 11.3 Å². The minimum Gasteiger partial charge on any atom is -0.395 e. The maximum atomic E-state index is 9.27. The SMILES string of the molecule is CC(C)CCSC(CO)C(N)CC(C)C. The summed E-state index contributed by atoms with van der Waals surface area (Å²) in [4.78, 5) is 0. The first-order chi connectivity index (χ1) is 6.97. The van der Waals surface area contributed by atoms with Crippen molar-refractivity contribution < 1.29 is 5.11 Å². The molecule has 3 N–H and O–H groups in total. The van der Waals surface area contributed by atoms with Crippen LogP contribution in [0.15, 0.2) is 0 Å². The molecule has 0 rings (SSSR count). The second kappa shape index (κ2) is 8.43. The molecule has 0 saturated heterocycles. The lowest BCUT2D eigenvalue weighted by atomic mass is 10.0. The molecule has 0 aliphatic carbocycles. The zero-order valence-corrected chi connectivity index (χ0v) is 11.4. The van der Waals surface area contributed by atoms with Gasteiger partial charge in [0.05, 0.1) is 6.61 Å². The summed E-state index contributed by atoms with van der Waals surface area (Å²) < 4.78 is 0. The molecule has 0 radical (unpaired) electrons. The van der Waals surface area contributed by atoms with Crippen LogP contribution in [0, 0.1) is 11.8 Å². The van der Waals surface area contributed by atoms with Crippen molar-refractivity contribution in [1.82, 2.24) is 0 Å². The Kier molecular flexibility index (Phi) is 8.58. The third kappa shape index (κ3) is 8.12. The highest BCUT2D eigenvalue weighted by molar-refractivity contribution is 7.99. The summed E-state index contributed by atoms with van der Waals surface area (Å²) in [7, 11) is 0. The first-order valence-corrected chi connectivity index (χ1v) is 7.00. The minimum absolute atomic E-state index is 0.132. The molecule has 0 aromatic rings. The Balaban J connectivity index is 3.79. The Morgan fingerprint density at radius 3 is 2.13 bits per heavy atom. The maximum Gasteiger partial charge on any atom is 0.0565 e. The van der Waals surface area contributed by atoms with Crippen molar-refractivity contribution in [1.29, 1.82) is 0 Å². The summed E-state index contributed by atoms with van der Waals surface area (Å²) in [5.41, 5.74) is 6.07. The van der Waals surface area contributed by atoms with Gasteiger partial charge < -0.3 is 10.8 Å². The van der Waals surface area contributed by atoms with Crippen molar-refractivity contribution in [3.63, 3.8) is 0 Å². The molecule has 92 valence electrons. The van der Waals surface area contributed by atoms with Crippen molar-refractivity contribution in [2.45, 2.75) is 51.8 Å². The second-order valence-corrected chi connectivity index (χ2v) is 6.41. The molecule has 0 aliphatic heterocycles. The van der Waals surface area contributed by atoms with Crippen LogP contribution in [0.3, 0.4) is 0 Å². The molecule has 0 amide bonds. The molecule has 0 fully saturated rings. The lowest BCUT2D eigenvalue weighted by Crippen LogP contribution is -2.36. The van der Waals surface area contributed by atoms with Gasteiger partial charge in [-0.3, -0.25) is 0 Å². The van der Waals surface area contributed by atoms with Crippen LogP contribution in [-0.2, 0) is 0 Å². The Bertz CT molecular complexity index is 151. The summed E-state index contributed by atoms with van der Waals surface area (Å²) in [5, 5.41) is 9.49. The molecule has 0 heterocycles. The van der Waals surface area contributed by atoms with E-state index in [4.69, 9.17) is 5.73 Å². The van der Waals surface area contributed by atoms with Crippen molar-refractivity contribution in [3.8, 4) is 0 Å². The molecule has 3 heteroatoms. The molecule has 2 nitrogen and oxygen atoms in total. The van der Waals surface area contributed by atoms with E-state index in [1.807, 2.05) is 11.8 Å². The number of aliphatic hydroxyl groups excluding tert-OH is 1. The van der Waals surface area contributed by atoms with E-state index in [1.165, 1.54) is 6.42 Å². The Morgan fingerprint density at radius 2 is 1.73 bits per heavy atom. The summed E-state index contributed by atoms with van der Waals surface area (Å²) >= 11 is 1.82. The summed E-state index contributed by atoms with van der Waals surface area (Å²) in [6.45, 7) is 9.00. The normalized spacial score (nSPS) is 16.0. The van der Waals surface area contributed by atoms with E-state index in [0.29, 0.717) is 5.92 Å². The number of rotatable bonds is 8. The largest absolute Gasteiger partial charge is 0.395 e. The highest BCUT2D eigenvalue weighted by Crippen LogP contribution is 2.20. The van der Waals surface area contributed by atoms with Crippen LogP contribution in [0.25, 0.3) is 0 Å². The summed E-state index contributed by atoms with van der Waals surface area (Å²) in [5.74, 6) is 2.45. The molecule has 0 aliphatic rings. The standard InChI is InChI=1S/C12H27NOS/c1-9(2)5-6-15-12(8-14)11(13)7-10(3)4/h9-12,14H,5-8,13H2,1-4H3. The lowest BCUT2D eigenvalue weighted by molar-refractivity contribution is 0.275. The van der Waals surface area contributed by atoms with E-state index in [9.17, 15) is 5.11 Å². The van der Waals surface area contributed by atoms with Gasteiger partial charge in [-0.2, -0.15) is 11.8 Å². The van der Waals surface area contributed by atoms with Crippen LogP contribution in [0.1, 0.15) is 40.5 Å². The average Bonchev–Trinajstić information content (AvgIpc) is 2.10. The highest BCUT2D eigenvalue weighted by atomic mass is 32.2. The Morgan fingerprint density at radius 1 is 1.13 bits per heavy atom. The molecule has 0 spiro atoms. The van der Waals surface area contributed by atoms with Crippen LogP contribution < -0.4 is 5.73 Å². The summed E-state index contributed by atoms with van der Waals surface area (Å²) in [6.07, 6.45) is 2.20. The van der Waals surface area contributed by atoms with Crippen LogP contribution in [0.4, 0.5) is 0 Å². The van der Waals surface area contributed by atoms with Crippen molar-refractivity contribution in [3.05, 3.63) is 0 Å². The maximum absolute atomic E-state index is 9.27. The zero-order chi connectivity index (χ0) is 11.8. The number of hydrogen-bond donors (Lipinski definition) is 2. The molecule has 2 unspecified atom stereocenters. The number of hydrogen-bond acceptors (Lipinski definition) is 3. The van der Waals surface area contributed by atoms with E-state index < -0.39 is 0 Å². The highest BCUT2D eigenvalue weighted by Gasteiger charge is 2.18. The van der Waals surface area contributed by atoms with Crippen LogP contribution >= 0.6 is 11.8 Å². The third-order valence-electron chi connectivity index (χ3n) is 2.43. The Hall–Kier alpha value is 0.270. The van der Waals surface area contributed by atoms with Gasteiger partial charge in [-0.25, -0.2) is 0 Å². The van der Waals surface area contributed by atoms with Crippen molar-refractivity contribution >= 4 is 11.8 Å². The van der Waals surface area contributed by atoms with Crippen LogP contribution in [0.2, 0.25) is 0 Å². The first-order valence-electron chi connectivity index (χ1n) is 5.95. The van der Waals surface area contributed by atoms with Gasteiger partial charge >= 0.3 is 0 Å². The number of thioether (sulfide) groups is 1. The number of nitrogens with two attached hydrogens (primary N) is 1. The fraction of sp³-hybridized carbons (Fsp3) is 1.00. The van der Waals surface area contributed by atoms with Crippen LogP contribution in [0.5, 0.6) is 0 Å². The molecular formula is C12H27NOS. The molecule has 2 atom stereocenters. The van der Waals surface area contributed by atoms with Crippen LogP contribution in [-0.4, -0.2) is 28.8 Å². The molecule has 0 aromatic heterocycles. The smallest absolute Gasteiger partial charge is 0.0565 e. The molecule has 15 heavy (non-hydrogen) atoms. The molecular weight excluding hydrogens is 206 g/mol.